The number of rotatable bonds is 9. The van der Waals surface area contributed by atoms with Crippen LogP contribution in [0.3, 0.4) is 0 Å². The lowest BCUT2D eigenvalue weighted by atomic mass is 10.0. The molecule has 0 aliphatic rings. The van der Waals surface area contributed by atoms with Gasteiger partial charge >= 0.3 is 5.97 Å². The zero-order valence-electron chi connectivity index (χ0n) is 13.1. The van der Waals surface area contributed by atoms with E-state index in [1.807, 2.05) is 0 Å². The van der Waals surface area contributed by atoms with Crippen molar-refractivity contribution in [1.29, 1.82) is 0 Å². The summed E-state index contributed by atoms with van der Waals surface area (Å²) < 4.78 is 15.4. The molecule has 1 aromatic rings. The van der Waals surface area contributed by atoms with Crippen LogP contribution in [0.15, 0.2) is 24.3 Å². The average molecular weight is 329 g/mol. The van der Waals surface area contributed by atoms with Gasteiger partial charge in [0.25, 0.3) is 0 Å². The fourth-order valence-corrected chi connectivity index (χ4v) is 1.72. The van der Waals surface area contributed by atoms with Gasteiger partial charge in [-0.1, -0.05) is 0 Å². The highest BCUT2D eigenvalue weighted by molar-refractivity contribution is 6.37. The van der Waals surface area contributed by atoms with E-state index in [0.717, 1.165) is 0 Å². The third-order valence-electron chi connectivity index (χ3n) is 2.69. The van der Waals surface area contributed by atoms with Gasteiger partial charge < -0.3 is 14.2 Å². The van der Waals surface area contributed by atoms with E-state index in [4.69, 9.17) is 25.8 Å². The van der Waals surface area contributed by atoms with Gasteiger partial charge in [-0.3, -0.25) is 9.59 Å². The normalized spacial score (nSPS) is 11.1. The molecule has 0 heterocycles. The van der Waals surface area contributed by atoms with Crippen LogP contribution in [-0.4, -0.2) is 43.1 Å². The standard InChI is InChI=1S/C16H21ClO5/c1-12(18)21-10-8-20-9-11-22-14-6-4-13(5-7-14)15(19)16(2,3)17/h4-7H,8-11H2,1-3H3. The van der Waals surface area contributed by atoms with Crippen molar-refractivity contribution in [1.82, 2.24) is 0 Å². The van der Waals surface area contributed by atoms with Crippen molar-refractivity contribution < 1.29 is 23.8 Å². The first-order chi connectivity index (χ1) is 10.3. The minimum Gasteiger partial charge on any atom is -0.491 e. The molecule has 0 aliphatic heterocycles. The molecule has 0 saturated heterocycles. The summed E-state index contributed by atoms with van der Waals surface area (Å²) in [7, 11) is 0. The second kappa shape index (κ2) is 8.76. The Labute approximate surface area is 135 Å². The molecule has 0 saturated carbocycles. The van der Waals surface area contributed by atoms with Gasteiger partial charge in [0, 0.05) is 12.5 Å². The number of hydrogen-bond acceptors (Lipinski definition) is 5. The highest BCUT2D eigenvalue weighted by Crippen LogP contribution is 2.21. The summed E-state index contributed by atoms with van der Waals surface area (Å²) >= 11 is 5.99. The Morgan fingerprint density at radius 2 is 1.64 bits per heavy atom. The lowest BCUT2D eigenvalue weighted by molar-refractivity contribution is -0.142. The molecule has 0 atom stereocenters. The van der Waals surface area contributed by atoms with E-state index >= 15 is 0 Å². The Kier molecular flexibility index (Phi) is 7.35. The molecule has 22 heavy (non-hydrogen) atoms. The lowest BCUT2D eigenvalue weighted by Crippen LogP contribution is -2.24. The van der Waals surface area contributed by atoms with E-state index in [-0.39, 0.29) is 18.4 Å². The van der Waals surface area contributed by atoms with E-state index in [2.05, 4.69) is 0 Å². The Bertz CT molecular complexity index is 490. The SMILES string of the molecule is CC(=O)OCCOCCOc1ccc(C(=O)C(C)(C)Cl)cc1. The number of alkyl halides is 1. The number of hydrogen-bond donors (Lipinski definition) is 0. The fourth-order valence-electron chi connectivity index (χ4n) is 1.61. The monoisotopic (exact) mass is 328 g/mol. The first-order valence-electron chi connectivity index (χ1n) is 6.98. The number of ketones is 1. The quantitative estimate of drug-likeness (QED) is 0.302. The van der Waals surface area contributed by atoms with Gasteiger partial charge in [-0.05, 0) is 38.1 Å². The van der Waals surface area contributed by atoms with Crippen LogP contribution >= 0.6 is 11.6 Å². The highest BCUT2D eigenvalue weighted by Gasteiger charge is 2.25. The largest absolute Gasteiger partial charge is 0.491 e. The molecule has 1 aromatic carbocycles. The van der Waals surface area contributed by atoms with E-state index in [9.17, 15) is 9.59 Å². The average Bonchev–Trinajstić information content (AvgIpc) is 2.45. The maximum atomic E-state index is 12.0. The van der Waals surface area contributed by atoms with Crippen LogP contribution in [0, 0.1) is 0 Å². The molecule has 6 heteroatoms. The van der Waals surface area contributed by atoms with Crippen LogP contribution in [-0.2, 0) is 14.3 Å². The third-order valence-corrected chi connectivity index (χ3v) is 2.86. The van der Waals surface area contributed by atoms with E-state index in [1.54, 1.807) is 38.1 Å². The number of carbonyl (C=O) groups is 2. The molecule has 0 spiro atoms. The highest BCUT2D eigenvalue weighted by atomic mass is 35.5. The van der Waals surface area contributed by atoms with Crippen LogP contribution in [0.2, 0.25) is 0 Å². The number of halogens is 1. The molecule has 0 bridgehead atoms. The topological polar surface area (TPSA) is 61.8 Å². The number of benzene rings is 1. The van der Waals surface area contributed by atoms with Gasteiger partial charge in [-0.2, -0.15) is 0 Å². The molecular formula is C16H21ClO5. The lowest BCUT2D eigenvalue weighted by Gasteiger charge is -2.14. The Balaban J connectivity index is 2.28. The Hall–Kier alpha value is -1.59. The third kappa shape index (κ3) is 6.91. The van der Waals surface area contributed by atoms with Crippen LogP contribution in [0.4, 0.5) is 0 Å². The van der Waals surface area contributed by atoms with Gasteiger partial charge in [-0.15, -0.1) is 11.6 Å². The molecule has 0 aromatic heterocycles. The smallest absolute Gasteiger partial charge is 0.302 e. The number of Topliss-reactive ketones (excluding diaryl/α,β-unsaturated/α-hetero) is 1. The van der Waals surface area contributed by atoms with Crippen LogP contribution in [0.1, 0.15) is 31.1 Å². The Morgan fingerprint density at radius 1 is 1.05 bits per heavy atom. The second-order valence-electron chi connectivity index (χ2n) is 5.13. The first-order valence-corrected chi connectivity index (χ1v) is 7.36. The van der Waals surface area contributed by atoms with Gasteiger partial charge in [0.1, 0.15) is 23.8 Å². The molecule has 0 amide bonds. The maximum absolute atomic E-state index is 12.0. The zero-order chi connectivity index (χ0) is 16.6. The van der Waals surface area contributed by atoms with Crippen molar-refractivity contribution in [3.8, 4) is 5.75 Å². The van der Waals surface area contributed by atoms with Crippen LogP contribution in [0.5, 0.6) is 5.75 Å². The number of esters is 1. The van der Waals surface area contributed by atoms with Crippen molar-refractivity contribution in [3.63, 3.8) is 0 Å². The molecule has 0 aliphatic carbocycles. The predicted octanol–water partition coefficient (Wildman–Crippen LogP) is 2.85. The minimum absolute atomic E-state index is 0.130. The molecule has 0 fully saturated rings. The summed E-state index contributed by atoms with van der Waals surface area (Å²) in [4.78, 5) is 21.6. The van der Waals surface area contributed by atoms with Crippen molar-refractivity contribution in [2.45, 2.75) is 25.6 Å². The summed E-state index contributed by atoms with van der Waals surface area (Å²) in [6.45, 7) is 6.00. The fraction of sp³-hybridized carbons (Fsp3) is 0.500. The molecular weight excluding hydrogens is 308 g/mol. The number of ether oxygens (including phenoxy) is 3. The summed E-state index contributed by atoms with van der Waals surface area (Å²) in [5.41, 5.74) is 0.546. The number of carbonyl (C=O) groups excluding carboxylic acids is 2. The van der Waals surface area contributed by atoms with E-state index < -0.39 is 4.87 Å². The van der Waals surface area contributed by atoms with Crippen molar-refractivity contribution in [2.75, 3.05) is 26.4 Å². The van der Waals surface area contributed by atoms with Crippen LogP contribution < -0.4 is 4.74 Å². The van der Waals surface area contributed by atoms with Gasteiger partial charge in [0.15, 0.2) is 5.78 Å². The second-order valence-corrected chi connectivity index (χ2v) is 6.07. The van der Waals surface area contributed by atoms with E-state index in [1.165, 1.54) is 6.92 Å². The molecule has 0 N–H and O–H groups in total. The van der Waals surface area contributed by atoms with E-state index in [0.29, 0.717) is 31.1 Å². The summed E-state index contributed by atoms with van der Waals surface area (Å²) in [6, 6.07) is 6.80. The van der Waals surface area contributed by atoms with Crippen molar-refractivity contribution in [3.05, 3.63) is 29.8 Å². The minimum atomic E-state index is -0.918. The zero-order valence-corrected chi connectivity index (χ0v) is 13.8. The first kappa shape index (κ1) is 18.5. The summed E-state index contributed by atoms with van der Waals surface area (Å²) in [5, 5.41) is 0. The Morgan fingerprint density at radius 3 is 2.18 bits per heavy atom. The van der Waals surface area contributed by atoms with Crippen LogP contribution in [0.25, 0.3) is 0 Å². The maximum Gasteiger partial charge on any atom is 0.302 e. The summed E-state index contributed by atoms with van der Waals surface area (Å²) in [5.74, 6) is 0.191. The molecule has 5 nitrogen and oxygen atoms in total. The molecule has 122 valence electrons. The predicted molar refractivity (Wildman–Crippen MR) is 83.7 cm³/mol. The molecule has 0 radical (unpaired) electrons. The van der Waals surface area contributed by atoms with Gasteiger partial charge in [0.05, 0.1) is 13.2 Å². The van der Waals surface area contributed by atoms with Gasteiger partial charge in [-0.25, -0.2) is 0 Å². The van der Waals surface area contributed by atoms with Gasteiger partial charge in [0.2, 0.25) is 0 Å². The summed E-state index contributed by atoms with van der Waals surface area (Å²) in [6.07, 6.45) is 0. The molecule has 0 unspecified atom stereocenters. The van der Waals surface area contributed by atoms with Crippen molar-refractivity contribution in [2.24, 2.45) is 0 Å². The van der Waals surface area contributed by atoms with Crippen molar-refractivity contribution >= 4 is 23.4 Å². The molecule has 1 rings (SSSR count).